The first-order valence-electron chi connectivity index (χ1n) is 17.1. The van der Waals surface area contributed by atoms with E-state index in [0.717, 1.165) is 18.2 Å². The Hall–Kier alpha value is -5.48. The number of rotatable bonds is 7. The van der Waals surface area contributed by atoms with Gasteiger partial charge in [-0.15, -0.1) is 0 Å². The van der Waals surface area contributed by atoms with Gasteiger partial charge in [-0.25, -0.2) is 9.97 Å². The molecular formula is C37H35ClF3N7O6. The van der Waals surface area contributed by atoms with Crippen LogP contribution in [0.5, 0.6) is 5.75 Å². The number of hydrogen-bond donors (Lipinski definition) is 3. The van der Waals surface area contributed by atoms with Crippen LogP contribution in [0.1, 0.15) is 59.7 Å². The lowest BCUT2D eigenvalue weighted by atomic mass is 9.81. The van der Waals surface area contributed by atoms with Crippen molar-refractivity contribution in [3.63, 3.8) is 0 Å². The van der Waals surface area contributed by atoms with Crippen LogP contribution in [0, 0.1) is 13.8 Å². The van der Waals surface area contributed by atoms with Gasteiger partial charge in [-0.2, -0.15) is 18.2 Å². The molecule has 0 bridgehead atoms. The number of nitrogens with zero attached hydrogens (tertiary/aromatic N) is 6. The zero-order chi connectivity index (χ0) is 38.9. The number of nitrogens with one attached hydrogen (secondary N) is 1. The van der Waals surface area contributed by atoms with E-state index in [-0.39, 0.29) is 75.8 Å². The molecule has 2 aromatic carbocycles. The van der Waals surface area contributed by atoms with E-state index >= 15 is 0 Å². The van der Waals surface area contributed by atoms with Gasteiger partial charge in [0.1, 0.15) is 18.6 Å². The molecule has 0 radical (unpaired) electrons. The molecule has 2 amide bonds. The summed E-state index contributed by atoms with van der Waals surface area (Å²) in [6, 6.07) is 8.77. The smallest absolute Gasteiger partial charge is 0.416 e. The number of fused-ring (bicyclic) bond motifs is 2. The van der Waals surface area contributed by atoms with Gasteiger partial charge in [0.2, 0.25) is 22.8 Å². The van der Waals surface area contributed by atoms with Crippen molar-refractivity contribution in [2.75, 3.05) is 23.3 Å². The molecule has 5 aromatic rings. The quantitative estimate of drug-likeness (QED) is 0.184. The van der Waals surface area contributed by atoms with Gasteiger partial charge >= 0.3 is 6.18 Å². The first-order chi connectivity index (χ1) is 25.4. The number of oxazole rings is 1. The number of hydrogen-bond acceptors (Lipinski definition) is 10. The standard InChI is InChI=1S/C37H35ClF3N7O6/c1-18-30(50)28(43-17-42-18)35(52)47-14-13-46(25-11-12-26(25)47)29-19(2)48(16-27(49)44-24-10-9-22(15-23(24)38)37(39,40)41)33-32(31(29)51)54-34(45-33)20-5-7-21(8-6-20)36(3,4)53/h5-10,15,17,25-26,50,53H,11-14,16H2,1-4H3,(H,44,49)/t25-,26-/m0/s1. The van der Waals surface area contributed by atoms with E-state index in [2.05, 4.69) is 20.3 Å². The second kappa shape index (κ2) is 13.4. The molecule has 1 saturated heterocycles. The van der Waals surface area contributed by atoms with E-state index < -0.39 is 41.1 Å². The number of aliphatic hydroxyl groups is 1. The molecule has 0 spiro atoms. The molecule has 7 rings (SSSR count). The Morgan fingerprint density at radius 3 is 2.33 bits per heavy atom. The highest BCUT2D eigenvalue weighted by atomic mass is 35.5. The second-order valence-corrected chi connectivity index (χ2v) is 14.4. The first kappa shape index (κ1) is 36.9. The lowest BCUT2D eigenvalue weighted by molar-refractivity contribution is -0.137. The molecule has 2 atom stereocenters. The maximum atomic E-state index is 14.4. The van der Waals surface area contributed by atoms with Crippen LogP contribution in [-0.2, 0) is 23.1 Å². The van der Waals surface area contributed by atoms with Crippen LogP contribution in [0.25, 0.3) is 22.7 Å². The molecule has 54 heavy (non-hydrogen) atoms. The third-order valence-electron chi connectivity index (χ3n) is 10.1. The Kier molecular flexibility index (Phi) is 9.16. The molecule has 1 aliphatic heterocycles. The number of pyridine rings is 1. The Balaban J connectivity index is 1.27. The monoisotopic (exact) mass is 765 g/mol. The molecule has 2 aliphatic rings. The zero-order valence-electron chi connectivity index (χ0n) is 29.5. The number of halogens is 4. The lowest BCUT2D eigenvalue weighted by Gasteiger charge is -2.54. The van der Waals surface area contributed by atoms with Crippen molar-refractivity contribution < 1.29 is 37.4 Å². The van der Waals surface area contributed by atoms with Gasteiger partial charge in [-0.05, 0) is 76.4 Å². The number of anilines is 2. The fourth-order valence-corrected chi connectivity index (χ4v) is 7.26. The highest BCUT2D eigenvalue weighted by Crippen LogP contribution is 2.39. The fraction of sp³-hybridized carbons (Fsp3) is 0.351. The third kappa shape index (κ3) is 6.53. The van der Waals surface area contributed by atoms with E-state index in [9.17, 15) is 37.8 Å². The molecule has 282 valence electrons. The molecule has 13 nitrogen and oxygen atoms in total. The molecule has 4 heterocycles. The average Bonchev–Trinajstić information content (AvgIpc) is 3.54. The minimum atomic E-state index is -4.63. The average molecular weight is 766 g/mol. The van der Waals surface area contributed by atoms with Crippen LogP contribution < -0.4 is 15.6 Å². The maximum absolute atomic E-state index is 14.4. The molecule has 3 N–H and O–H groups in total. The number of aryl methyl sites for hydroxylation is 1. The molecule has 3 aromatic heterocycles. The van der Waals surface area contributed by atoms with Crippen molar-refractivity contribution in [2.45, 2.75) is 70.9 Å². The number of aromatic hydroxyl groups is 1. The van der Waals surface area contributed by atoms with Crippen LogP contribution in [0.15, 0.2) is 58.0 Å². The Labute approximate surface area is 311 Å². The summed E-state index contributed by atoms with van der Waals surface area (Å²) in [6.07, 6.45) is -2.14. The van der Waals surface area contributed by atoms with Crippen LogP contribution in [-0.4, -0.2) is 71.6 Å². The van der Waals surface area contributed by atoms with Gasteiger partial charge in [0.15, 0.2) is 17.1 Å². The Bertz CT molecular complexity index is 2370. The summed E-state index contributed by atoms with van der Waals surface area (Å²) in [4.78, 5) is 57.7. The highest BCUT2D eigenvalue weighted by Gasteiger charge is 2.47. The van der Waals surface area contributed by atoms with Crippen molar-refractivity contribution in [2.24, 2.45) is 0 Å². The second-order valence-electron chi connectivity index (χ2n) is 14.0. The van der Waals surface area contributed by atoms with Crippen molar-refractivity contribution in [1.82, 2.24) is 24.4 Å². The zero-order valence-corrected chi connectivity index (χ0v) is 30.3. The van der Waals surface area contributed by atoms with Gasteiger partial charge in [0, 0.05) is 30.4 Å². The van der Waals surface area contributed by atoms with Gasteiger partial charge in [-0.1, -0.05) is 23.7 Å². The SMILES string of the molecule is Cc1ncnc(C(=O)N2CCN(c3c(C)n(CC(=O)Nc4ccc(C(F)(F)F)cc4Cl)c4nc(-c5ccc(C(C)(C)O)cc5)oc4c3=O)[C@H]3CC[C@@H]32)c1O. The number of benzene rings is 2. The van der Waals surface area contributed by atoms with E-state index in [4.69, 9.17) is 16.0 Å². The van der Waals surface area contributed by atoms with Crippen molar-refractivity contribution in [3.05, 3.63) is 92.2 Å². The number of piperazine rings is 1. The lowest BCUT2D eigenvalue weighted by Crippen LogP contribution is -2.67. The first-order valence-corrected chi connectivity index (χ1v) is 17.4. The Morgan fingerprint density at radius 2 is 1.70 bits per heavy atom. The highest BCUT2D eigenvalue weighted by molar-refractivity contribution is 6.33. The predicted octanol–water partition coefficient (Wildman–Crippen LogP) is 5.80. The predicted molar refractivity (Wildman–Crippen MR) is 192 cm³/mol. The van der Waals surface area contributed by atoms with Gasteiger partial charge in [-0.3, -0.25) is 14.4 Å². The molecule has 2 fully saturated rings. The molecule has 1 aliphatic carbocycles. The van der Waals surface area contributed by atoms with Crippen molar-refractivity contribution >= 4 is 46.0 Å². The molecule has 1 saturated carbocycles. The number of aromatic nitrogens is 4. The van der Waals surface area contributed by atoms with Gasteiger partial charge in [0.25, 0.3) is 5.91 Å². The van der Waals surface area contributed by atoms with Crippen LogP contribution in [0.3, 0.4) is 0 Å². The number of carbonyl (C=O) groups excluding carboxylic acids is 2. The van der Waals surface area contributed by atoms with Crippen molar-refractivity contribution in [1.29, 1.82) is 0 Å². The van der Waals surface area contributed by atoms with Crippen LogP contribution in [0.2, 0.25) is 5.02 Å². The minimum absolute atomic E-state index is 0.0411. The molecule has 17 heteroatoms. The summed E-state index contributed by atoms with van der Waals surface area (Å²) in [7, 11) is 0. The molecule has 0 unspecified atom stereocenters. The molecular weight excluding hydrogens is 731 g/mol. The summed E-state index contributed by atoms with van der Waals surface area (Å²) >= 11 is 6.13. The minimum Gasteiger partial charge on any atom is -0.504 e. The summed E-state index contributed by atoms with van der Waals surface area (Å²) in [5.41, 5.74) is -0.766. The van der Waals surface area contributed by atoms with Gasteiger partial charge in [0.05, 0.1) is 33.6 Å². The summed E-state index contributed by atoms with van der Waals surface area (Å²) in [5, 5.41) is 23.2. The fourth-order valence-electron chi connectivity index (χ4n) is 7.03. The normalized spacial score (nSPS) is 17.4. The maximum Gasteiger partial charge on any atom is 0.416 e. The Morgan fingerprint density at radius 1 is 1.02 bits per heavy atom. The number of alkyl halides is 3. The van der Waals surface area contributed by atoms with Gasteiger partial charge < -0.3 is 34.3 Å². The largest absolute Gasteiger partial charge is 0.504 e. The van der Waals surface area contributed by atoms with E-state index in [1.807, 2.05) is 4.90 Å². The summed E-state index contributed by atoms with van der Waals surface area (Å²) in [5.74, 6) is -1.33. The van der Waals surface area contributed by atoms with Crippen molar-refractivity contribution in [3.8, 4) is 17.2 Å². The summed E-state index contributed by atoms with van der Waals surface area (Å²) in [6.45, 7) is 6.52. The van der Waals surface area contributed by atoms with Crippen LogP contribution >= 0.6 is 11.6 Å². The van der Waals surface area contributed by atoms with Crippen LogP contribution in [0.4, 0.5) is 24.5 Å². The van der Waals surface area contributed by atoms with E-state index in [0.29, 0.717) is 29.7 Å². The number of amides is 2. The number of carbonyl (C=O) groups is 2. The van der Waals surface area contributed by atoms with E-state index in [1.165, 1.54) is 10.9 Å². The third-order valence-corrected chi connectivity index (χ3v) is 10.4. The topological polar surface area (TPSA) is 167 Å². The summed E-state index contributed by atoms with van der Waals surface area (Å²) < 4.78 is 47.4. The van der Waals surface area contributed by atoms with E-state index in [1.54, 1.807) is 56.9 Å².